The Hall–Kier alpha value is -3.42. The predicted octanol–water partition coefficient (Wildman–Crippen LogP) is 7.79. The summed E-state index contributed by atoms with van der Waals surface area (Å²) < 4.78 is 13.2. The predicted molar refractivity (Wildman–Crippen MR) is 147 cm³/mol. The second-order valence-corrected chi connectivity index (χ2v) is 9.63. The van der Waals surface area contributed by atoms with Gasteiger partial charge < -0.3 is 9.47 Å². The number of aromatic nitrogens is 3. The van der Waals surface area contributed by atoms with Crippen molar-refractivity contribution in [3.63, 3.8) is 0 Å². The molecule has 0 radical (unpaired) electrons. The smallest absolute Gasteiger partial charge is 0.311 e. The Labute approximate surface area is 220 Å². The number of nitro benzene ring substituents is 1. The Morgan fingerprint density at radius 1 is 0.946 bits per heavy atom. The molecule has 8 heteroatoms. The topological polar surface area (TPSA) is 92.3 Å². The van der Waals surface area contributed by atoms with E-state index in [0.717, 1.165) is 30.9 Å². The summed E-state index contributed by atoms with van der Waals surface area (Å²) >= 11 is 0. The standard InChI is InChI=1S/C29H40N4O4/c1-4-6-7-8-9-10-11-12-19-36-26-16-14-25(15-17-26)32-21-27(30-31-32)24-13-18-29(28(20-24)33(34)35)37-22-23(3)5-2/h13-18,20-21,23H,4-12,19,22H2,1-3H3/t23-/m0/s1. The SMILES string of the molecule is CCCCCCCCCCOc1ccc(-n2cc(-c3ccc(OC[C@@H](C)CC)c([N+](=O)[O-])c3)nn2)cc1. The van der Waals surface area contributed by atoms with Crippen molar-refractivity contribution in [3.05, 3.63) is 58.8 Å². The lowest BCUT2D eigenvalue weighted by atomic mass is 10.1. The summed E-state index contributed by atoms with van der Waals surface area (Å²) in [6.07, 6.45) is 12.9. The van der Waals surface area contributed by atoms with Crippen LogP contribution in [-0.4, -0.2) is 33.1 Å². The van der Waals surface area contributed by atoms with Crippen LogP contribution < -0.4 is 9.47 Å². The Morgan fingerprint density at radius 3 is 2.32 bits per heavy atom. The summed E-state index contributed by atoms with van der Waals surface area (Å²) in [6.45, 7) is 7.51. The van der Waals surface area contributed by atoms with Crippen molar-refractivity contribution < 1.29 is 14.4 Å². The number of rotatable bonds is 17. The molecule has 0 aliphatic rings. The van der Waals surface area contributed by atoms with Crippen molar-refractivity contribution in [1.82, 2.24) is 15.0 Å². The number of nitro groups is 1. The van der Waals surface area contributed by atoms with Crippen LogP contribution in [0.1, 0.15) is 78.6 Å². The van der Waals surface area contributed by atoms with Gasteiger partial charge in [-0.25, -0.2) is 4.68 Å². The van der Waals surface area contributed by atoms with E-state index >= 15 is 0 Å². The molecule has 0 saturated heterocycles. The fourth-order valence-corrected chi connectivity index (χ4v) is 3.93. The first-order valence-electron chi connectivity index (χ1n) is 13.6. The summed E-state index contributed by atoms with van der Waals surface area (Å²) in [6, 6.07) is 12.6. The van der Waals surface area contributed by atoms with E-state index in [2.05, 4.69) is 31.1 Å². The number of hydrogen-bond donors (Lipinski definition) is 0. The zero-order valence-corrected chi connectivity index (χ0v) is 22.4. The highest BCUT2D eigenvalue weighted by Crippen LogP contribution is 2.32. The van der Waals surface area contributed by atoms with E-state index in [1.54, 1.807) is 23.0 Å². The maximum absolute atomic E-state index is 11.6. The molecule has 0 N–H and O–H groups in total. The van der Waals surface area contributed by atoms with E-state index in [1.165, 1.54) is 51.0 Å². The summed E-state index contributed by atoms with van der Waals surface area (Å²) in [5.41, 5.74) is 1.92. The Morgan fingerprint density at radius 2 is 1.65 bits per heavy atom. The third-order valence-electron chi connectivity index (χ3n) is 6.53. The molecule has 0 aliphatic carbocycles. The molecule has 1 aromatic heterocycles. The third-order valence-corrected chi connectivity index (χ3v) is 6.53. The van der Waals surface area contributed by atoms with Crippen molar-refractivity contribution in [1.29, 1.82) is 0 Å². The maximum Gasteiger partial charge on any atom is 0.311 e. The Bertz CT molecular complexity index is 1100. The lowest BCUT2D eigenvalue weighted by Crippen LogP contribution is -2.08. The molecule has 0 spiro atoms. The molecule has 1 heterocycles. The molecule has 8 nitrogen and oxygen atoms in total. The van der Waals surface area contributed by atoms with Gasteiger partial charge in [0, 0.05) is 11.6 Å². The number of nitrogens with zero attached hydrogens (tertiary/aromatic N) is 4. The molecular formula is C29H40N4O4. The average molecular weight is 509 g/mol. The van der Waals surface area contributed by atoms with Crippen LogP contribution in [-0.2, 0) is 0 Å². The molecule has 0 amide bonds. The third kappa shape index (κ3) is 8.88. The largest absolute Gasteiger partial charge is 0.494 e. The first-order chi connectivity index (χ1) is 18.0. The van der Waals surface area contributed by atoms with E-state index in [4.69, 9.17) is 9.47 Å². The number of hydrogen-bond acceptors (Lipinski definition) is 6. The highest BCUT2D eigenvalue weighted by Gasteiger charge is 2.19. The summed E-state index contributed by atoms with van der Waals surface area (Å²) in [7, 11) is 0. The van der Waals surface area contributed by atoms with Crippen LogP contribution in [0.2, 0.25) is 0 Å². The monoisotopic (exact) mass is 508 g/mol. The fraction of sp³-hybridized carbons (Fsp3) is 0.517. The van der Waals surface area contributed by atoms with Crippen LogP contribution in [0.25, 0.3) is 16.9 Å². The molecule has 2 aromatic carbocycles. The van der Waals surface area contributed by atoms with Gasteiger partial charge in [-0.2, -0.15) is 0 Å². The minimum atomic E-state index is -0.424. The molecule has 37 heavy (non-hydrogen) atoms. The van der Waals surface area contributed by atoms with Gasteiger partial charge in [-0.1, -0.05) is 77.4 Å². The van der Waals surface area contributed by atoms with Gasteiger partial charge in [0.05, 0.1) is 30.0 Å². The van der Waals surface area contributed by atoms with Crippen LogP contribution in [0.5, 0.6) is 11.5 Å². The molecule has 200 valence electrons. The zero-order valence-electron chi connectivity index (χ0n) is 22.4. The van der Waals surface area contributed by atoms with Crippen LogP contribution in [0, 0.1) is 16.0 Å². The van der Waals surface area contributed by atoms with Crippen molar-refractivity contribution in [2.75, 3.05) is 13.2 Å². The van der Waals surface area contributed by atoms with Gasteiger partial charge in [0.15, 0.2) is 5.75 Å². The maximum atomic E-state index is 11.6. The number of benzene rings is 2. The first kappa shape index (κ1) is 28.2. The normalized spacial score (nSPS) is 11.9. The average Bonchev–Trinajstić information content (AvgIpc) is 3.41. The quantitative estimate of drug-likeness (QED) is 0.105. The number of ether oxygens (including phenoxy) is 2. The van der Waals surface area contributed by atoms with Crippen LogP contribution in [0.15, 0.2) is 48.7 Å². The van der Waals surface area contributed by atoms with Crippen LogP contribution >= 0.6 is 0 Å². The van der Waals surface area contributed by atoms with Gasteiger partial charge in [-0.3, -0.25) is 10.1 Å². The first-order valence-corrected chi connectivity index (χ1v) is 13.6. The molecule has 0 bridgehead atoms. The highest BCUT2D eigenvalue weighted by atomic mass is 16.6. The van der Waals surface area contributed by atoms with Crippen molar-refractivity contribution in [2.24, 2.45) is 5.92 Å². The minimum absolute atomic E-state index is 0.0756. The van der Waals surface area contributed by atoms with Crippen LogP contribution in [0.3, 0.4) is 0 Å². The molecule has 0 aliphatic heterocycles. The van der Waals surface area contributed by atoms with E-state index in [-0.39, 0.29) is 11.4 Å². The van der Waals surface area contributed by atoms with Gasteiger partial charge in [0.2, 0.25) is 0 Å². The Balaban J connectivity index is 1.54. The van der Waals surface area contributed by atoms with Gasteiger partial charge in [-0.15, -0.1) is 5.10 Å². The van der Waals surface area contributed by atoms with Crippen molar-refractivity contribution >= 4 is 5.69 Å². The zero-order chi connectivity index (χ0) is 26.5. The molecule has 1 atom stereocenters. The van der Waals surface area contributed by atoms with E-state index < -0.39 is 4.92 Å². The van der Waals surface area contributed by atoms with Gasteiger partial charge in [0.1, 0.15) is 11.4 Å². The van der Waals surface area contributed by atoms with Crippen LogP contribution in [0.4, 0.5) is 5.69 Å². The second-order valence-electron chi connectivity index (χ2n) is 9.63. The Kier molecular flexibility index (Phi) is 11.4. The fourth-order valence-electron chi connectivity index (χ4n) is 3.93. The summed E-state index contributed by atoms with van der Waals surface area (Å²) in [5, 5.41) is 20.1. The lowest BCUT2D eigenvalue weighted by molar-refractivity contribution is -0.385. The molecule has 0 unspecified atom stereocenters. The molecule has 3 rings (SSSR count). The summed E-state index contributed by atoms with van der Waals surface area (Å²) in [4.78, 5) is 11.2. The lowest BCUT2D eigenvalue weighted by Gasteiger charge is -2.11. The van der Waals surface area contributed by atoms with Gasteiger partial charge >= 0.3 is 5.69 Å². The molecule has 3 aromatic rings. The second kappa shape index (κ2) is 15.0. The van der Waals surface area contributed by atoms with Gasteiger partial charge in [0.25, 0.3) is 0 Å². The molecule has 0 saturated carbocycles. The van der Waals surface area contributed by atoms with E-state index in [0.29, 0.717) is 23.8 Å². The van der Waals surface area contributed by atoms with Gasteiger partial charge in [-0.05, 0) is 48.7 Å². The molecular weight excluding hydrogens is 468 g/mol. The number of unbranched alkanes of at least 4 members (excludes halogenated alkanes) is 7. The molecule has 0 fully saturated rings. The van der Waals surface area contributed by atoms with E-state index in [9.17, 15) is 10.1 Å². The van der Waals surface area contributed by atoms with E-state index in [1.807, 2.05) is 24.3 Å². The van der Waals surface area contributed by atoms with Crippen molar-refractivity contribution in [2.45, 2.75) is 78.6 Å². The minimum Gasteiger partial charge on any atom is -0.494 e. The summed E-state index contributed by atoms with van der Waals surface area (Å²) in [5.74, 6) is 1.42. The van der Waals surface area contributed by atoms with Crippen molar-refractivity contribution in [3.8, 4) is 28.4 Å². The highest BCUT2D eigenvalue weighted by molar-refractivity contribution is 5.65.